The highest BCUT2D eigenvalue weighted by Crippen LogP contribution is 2.30. The van der Waals surface area contributed by atoms with Crippen LogP contribution in [0.3, 0.4) is 0 Å². The number of nitrogens with zero attached hydrogens (tertiary/aromatic N) is 4. The molecule has 188 valence electrons. The van der Waals surface area contributed by atoms with Crippen molar-refractivity contribution in [1.29, 1.82) is 0 Å². The summed E-state index contributed by atoms with van der Waals surface area (Å²) in [7, 11) is 0. The van der Waals surface area contributed by atoms with Crippen LogP contribution in [-0.2, 0) is 30.7 Å². The monoisotopic (exact) mass is 483 g/mol. The first-order valence-corrected chi connectivity index (χ1v) is 12.8. The van der Waals surface area contributed by atoms with Gasteiger partial charge in [-0.15, -0.1) is 0 Å². The summed E-state index contributed by atoms with van der Waals surface area (Å²) < 4.78 is 18.0. The van der Waals surface area contributed by atoms with E-state index in [1.54, 1.807) is 11.0 Å². The molecule has 35 heavy (non-hydrogen) atoms. The molecule has 0 fully saturated rings. The first kappa shape index (κ1) is 24.9. The summed E-state index contributed by atoms with van der Waals surface area (Å²) in [6, 6.07) is 4.93. The van der Waals surface area contributed by atoms with Gasteiger partial charge < -0.3 is 9.47 Å². The number of H-pyrrole nitrogens is 1. The van der Waals surface area contributed by atoms with Gasteiger partial charge in [-0.1, -0.05) is 45.2 Å². The summed E-state index contributed by atoms with van der Waals surface area (Å²) in [5.41, 5.74) is 1.07. The van der Waals surface area contributed by atoms with Crippen LogP contribution in [0.15, 0.2) is 27.8 Å². The number of hydrogen-bond acceptors (Lipinski definition) is 4. The number of carbonyl (C=O) groups excluding carboxylic acids is 1. The molecule has 3 heterocycles. The van der Waals surface area contributed by atoms with Crippen LogP contribution < -0.4 is 16.1 Å². The first-order chi connectivity index (χ1) is 17.0. The molecule has 0 saturated heterocycles. The Morgan fingerprint density at radius 2 is 1.86 bits per heavy atom. The van der Waals surface area contributed by atoms with Crippen molar-refractivity contribution in [2.45, 2.75) is 84.7 Å². The summed E-state index contributed by atoms with van der Waals surface area (Å²) in [5, 5.41) is 0. The van der Waals surface area contributed by atoms with E-state index >= 15 is 0 Å². The van der Waals surface area contributed by atoms with Crippen molar-refractivity contribution in [2.75, 3.05) is 11.4 Å². The minimum absolute atomic E-state index is 0.141. The number of fused-ring (bicyclic) bond motifs is 2. The molecule has 0 bridgehead atoms. The average molecular weight is 484 g/mol. The second kappa shape index (κ2) is 11.0. The van der Waals surface area contributed by atoms with Crippen LogP contribution >= 0.6 is 0 Å². The van der Waals surface area contributed by atoms with E-state index in [-0.39, 0.29) is 18.1 Å². The van der Waals surface area contributed by atoms with E-state index < -0.39 is 11.2 Å². The number of unbranched alkanes of at least 4 members (excludes halogenated alkanes) is 3. The minimum atomic E-state index is -0.461. The van der Waals surface area contributed by atoms with Crippen LogP contribution in [0.4, 0.5) is 10.1 Å². The maximum Gasteiger partial charge on any atom is 0.330 e. The maximum atomic E-state index is 14.6. The lowest BCUT2D eigenvalue weighted by Gasteiger charge is -2.29. The van der Waals surface area contributed by atoms with E-state index in [0.29, 0.717) is 48.7 Å². The fourth-order valence-electron chi connectivity index (χ4n) is 4.90. The van der Waals surface area contributed by atoms with Crippen LogP contribution in [-0.4, -0.2) is 31.6 Å². The Labute approximate surface area is 203 Å². The van der Waals surface area contributed by atoms with E-state index in [9.17, 15) is 18.8 Å². The van der Waals surface area contributed by atoms with Gasteiger partial charge in [-0.05, 0) is 37.3 Å². The van der Waals surface area contributed by atoms with E-state index in [4.69, 9.17) is 4.98 Å². The van der Waals surface area contributed by atoms with Gasteiger partial charge in [0, 0.05) is 32.5 Å². The molecular weight excluding hydrogens is 449 g/mol. The van der Waals surface area contributed by atoms with E-state index in [0.717, 1.165) is 50.5 Å². The van der Waals surface area contributed by atoms with E-state index in [1.165, 1.54) is 10.6 Å². The molecular formula is C26H34FN5O3. The topological polar surface area (TPSA) is 93.0 Å². The second-order valence-electron chi connectivity index (χ2n) is 9.22. The third kappa shape index (κ3) is 5.09. The maximum absolute atomic E-state index is 14.6. The van der Waals surface area contributed by atoms with Gasteiger partial charge >= 0.3 is 5.69 Å². The van der Waals surface area contributed by atoms with Crippen LogP contribution in [0.25, 0.3) is 11.2 Å². The number of aryl methyl sites for hydroxylation is 4. The third-order valence-electron chi connectivity index (χ3n) is 6.72. The Kier molecular flexibility index (Phi) is 7.83. The van der Waals surface area contributed by atoms with Gasteiger partial charge in [0.1, 0.15) is 11.6 Å². The van der Waals surface area contributed by atoms with Gasteiger partial charge in [0.2, 0.25) is 5.91 Å². The first-order valence-electron chi connectivity index (χ1n) is 12.8. The zero-order valence-electron chi connectivity index (χ0n) is 20.6. The summed E-state index contributed by atoms with van der Waals surface area (Å²) >= 11 is 0. The molecule has 1 N–H and O–H groups in total. The highest BCUT2D eigenvalue weighted by atomic mass is 19.1. The van der Waals surface area contributed by atoms with Crippen LogP contribution in [0.2, 0.25) is 0 Å². The van der Waals surface area contributed by atoms with Crippen molar-refractivity contribution in [1.82, 2.24) is 19.1 Å². The lowest BCUT2D eigenvalue weighted by molar-refractivity contribution is -0.118. The molecule has 4 rings (SSSR count). The van der Waals surface area contributed by atoms with Gasteiger partial charge in [-0.25, -0.2) is 14.2 Å². The molecule has 0 atom stereocenters. The van der Waals surface area contributed by atoms with Crippen molar-refractivity contribution in [3.8, 4) is 0 Å². The molecule has 3 aromatic rings. The Morgan fingerprint density at radius 3 is 2.63 bits per heavy atom. The molecule has 1 aromatic carbocycles. The number of aromatic nitrogens is 4. The molecule has 1 aliphatic heterocycles. The summed E-state index contributed by atoms with van der Waals surface area (Å²) in [5.74, 6) is 0.0610. The predicted octanol–water partition coefficient (Wildman–Crippen LogP) is 3.93. The second-order valence-corrected chi connectivity index (χ2v) is 9.22. The Hall–Kier alpha value is -3.23. The smallest absolute Gasteiger partial charge is 0.322 e. The van der Waals surface area contributed by atoms with Crippen LogP contribution in [0.1, 0.15) is 70.2 Å². The van der Waals surface area contributed by atoms with Crippen molar-refractivity contribution in [3.05, 3.63) is 56.2 Å². The van der Waals surface area contributed by atoms with Gasteiger partial charge in [0.05, 0.1) is 5.69 Å². The lowest BCUT2D eigenvalue weighted by atomic mass is 10.0. The summed E-state index contributed by atoms with van der Waals surface area (Å²) in [6.07, 6.45) is 6.56. The molecule has 0 radical (unpaired) electrons. The van der Waals surface area contributed by atoms with Crippen LogP contribution in [0.5, 0.6) is 0 Å². The number of carbonyl (C=O) groups is 1. The predicted molar refractivity (Wildman–Crippen MR) is 134 cm³/mol. The van der Waals surface area contributed by atoms with Gasteiger partial charge in [0.25, 0.3) is 5.56 Å². The molecule has 0 saturated carbocycles. The highest BCUT2D eigenvalue weighted by Gasteiger charge is 2.26. The quantitative estimate of drug-likeness (QED) is 0.442. The average Bonchev–Trinajstić information content (AvgIpc) is 3.21. The van der Waals surface area contributed by atoms with Gasteiger partial charge in [0.15, 0.2) is 11.2 Å². The zero-order chi connectivity index (χ0) is 24.9. The largest absolute Gasteiger partial charge is 0.330 e. The number of benzene rings is 1. The van der Waals surface area contributed by atoms with Crippen molar-refractivity contribution >= 4 is 22.8 Å². The Balaban J connectivity index is 1.66. The molecule has 0 aliphatic carbocycles. The van der Waals surface area contributed by atoms with Crippen LogP contribution in [0, 0.1) is 5.82 Å². The SMILES string of the molecule is CCCCCn1c(CCC(=O)N2CCCc3cccc(F)c32)nc2c1c(=O)[nH]c(=O)n2CCCC. The Morgan fingerprint density at radius 1 is 1.09 bits per heavy atom. The highest BCUT2D eigenvalue weighted by molar-refractivity contribution is 5.94. The minimum Gasteiger partial charge on any atom is -0.322 e. The van der Waals surface area contributed by atoms with Crippen molar-refractivity contribution in [3.63, 3.8) is 0 Å². The lowest BCUT2D eigenvalue weighted by Crippen LogP contribution is -2.36. The summed E-state index contributed by atoms with van der Waals surface area (Å²) in [4.78, 5) is 47.2. The zero-order valence-corrected chi connectivity index (χ0v) is 20.6. The number of para-hydroxylation sites is 1. The number of imidazole rings is 1. The van der Waals surface area contributed by atoms with Crippen molar-refractivity contribution in [2.24, 2.45) is 0 Å². The fraction of sp³-hybridized carbons (Fsp3) is 0.538. The van der Waals surface area contributed by atoms with Gasteiger partial charge in [-0.2, -0.15) is 0 Å². The molecule has 0 unspecified atom stereocenters. The number of rotatable bonds is 10. The number of anilines is 1. The number of amides is 1. The van der Waals surface area contributed by atoms with Gasteiger partial charge in [-0.3, -0.25) is 19.1 Å². The fourth-order valence-corrected chi connectivity index (χ4v) is 4.90. The van der Waals surface area contributed by atoms with E-state index in [2.05, 4.69) is 11.9 Å². The van der Waals surface area contributed by atoms with E-state index in [1.807, 2.05) is 17.6 Å². The molecule has 0 spiro atoms. The number of hydrogen-bond donors (Lipinski definition) is 1. The Bertz CT molecular complexity index is 1320. The normalized spacial score (nSPS) is 13.4. The standard InChI is InChI=1S/C26H34FN5O3/c1-3-5-7-16-30-20(28-24-23(30)25(34)29-26(35)32(24)15-6-4-2)13-14-21(33)31-17-9-11-18-10-8-12-19(27)22(18)31/h8,10,12H,3-7,9,11,13-17H2,1-2H3,(H,29,34,35). The molecule has 1 amide bonds. The number of nitrogens with one attached hydrogen (secondary N) is 1. The molecule has 2 aromatic heterocycles. The molecule has 9 heteroatoms. The van der Waals surface area contributed by atoms with Crippen molar-refractivity contribution < 1.29 is 9.18 Å². The molecule has 1 aliphatic rings. The number of aromatic amines is 1. The third-order valence-corrected chi connectivity index (χ3v) is 6.72. The number of halogens is 1. The summed E-state index contributed by atoms with van der Waals surface area (Å²) in [6.45, 7) is 5.68. The molecule has 8 nitrogen and oxygen atoms in total.